The molecule has 0 saturated heterocycles. The van der Waals surface area contributed by atoms with Gasteiger partial charge in [0.25, 0.3) is 0 Å². The van der Waals surface area contributed by atoms with E-state index in [4.69, 9.17) is 5.73 Å². The highest BCUT2D eigenvalue weighted by molar-refractivity contribution is 7.90. The molecular weight excluding hydrogens is 372 g/mol. The largest absolute Gasteiger partial charge is 0.329 e. The Morgan fingerprint density at radius 1 is 1.12 bits per heavy atom. The highest BCUT2D eigenvalue weighted by atomic mass is 35.5. The van der Waals surface area contributed by atoms with Crippen LogP contribution >= 0.6 is 12.4 Å². The zero-order valence-corrected chi connectivity index (χ0v) is 16.3. The SMILES string of the molecule is CC1CCCCC1(CN)NS(=O)(=O)c1ccc(S(C)(=O)=O)cc1.Cl. The second-order valence-corrected chi connectivity index (χ2v) is 10.1. The minimum atomic E-state index is -3.75. The van der Waals surface area contributed by atoms with Crippen molar-refractivity contribution in [3.63, 3.8) is 0 Å². The molecule has 0 aliphatic heterocycles. The first kappa shape index (κ1) is 21.4. The van der Waals surface area contributed by atoms with Gasteiger partial charge in [0.2, 0.25) is 10.0 Å². The van der Waals surface area contributed by atoms with Crippen molar-refractivity contribution in [3.05, 3.63) is 24.3 Å². The van der Waals surface area contributed by atoms with Crippen LogP contribution in [0.3, 0.4) is 0 Å². The second kappa shape index (κ2) is 7.70. The van der Waals surface area contributed by atoms with E-state index >= 15 is 0 Å². The Morgan fingerprint density at radius 3 is 2.12 bits per heavy atom. The third-order valence-corrected chi connectivity index (χ3v) is 7.41. The normalized spacial score (nSPS) is 25.0. The van der Waals surface area contributed by atoms with Crippen LogP contribution in [0.15, 0.2) is 34.1 Å². The summed E-state index contributed by atoms with van der Waals surface area (Å²) in [5.74, 6) is 0.159. The summed E-state index contributed by atoms with van der Waals surface area (Å²) >= 11 is 0. The monoisotopic (exact) mass is 396 g/mol. The minimum Gasteiger partial charge on any atom is -0.329 e. The molecule has 2 unspecified atom stereocenters. The molecule has 0 spiro atoms. The number of nitrogens with one attached hydrogen (secondary N) is 1. The van der Waals surface area contributed by atoms with E-state index in [1.165, 1.54) is 24.3 Å². The molecule has 1 aromatic rings. The van der Waals surface area contributed by atoms with Crippen molar-refractivity contribution in [2.75, 3.05) is 12.8 Å². The number of benzene rings is 1. The summed E-state index contributed by atoms with van der Waals surface area (Å²) in [5.41, 5.74) is 5.26. The molecule has 1 aliphatic rings. The fourth-order valence-electron chi connectivity index (χ4n) is 3.10. The lowest BCUT2D eigenvalue weighted by Crippen LogP contribution is -2.58. The summed E-state index contributed by atoms with van der Waals surface area (Å²) in [6.45, 7) is 2.26. The topological polar surface area (TPSA) is 106 Å². The molecule has 2 rings (SSSR count). The average Bonchev–Trinajstić information content (AvgIpc) is 2.49. The molecule has 0 heterocycles. The van der Waals surface area contributed by atoms with Gasteiger partial charge in [-0.15, -0.1) is 12.4 Å². The van der Waals surface area contributed by atoms with Crippen LogP contribution in [0, 0.1) is 5.92 Å². The van der Waals surface area contributed by atoms with Crippen LogP contribution in [-0.2, 0) is 19.9 Å². The average molecular weight is 397 g/mol. The van der Waals surface area contributed by atoms with Gasteiger partial charge in [0.1, 0.15) is 0 Å². The minimum absolute atomic E-state index is 0. The molecule has 0 bridgehead atoms. The van der Waals surface area contributed by atoms with Gasteiger partial charge in [0.05, 0.1) is 9.79 Å². The number of sulfone groups is 1. The fraction of sp³-hybridized carbons (Fsp3) is 0.600. The van der Waals surface area contributed by atoms with Crippen LogP contribution in [0.1, 0.15) is 32.6 Å². The standard InChI is InChI=1S/C15H24N2O4S2.ClH/c1-12-5-3-4-10-15(12,11-16)17-23(20,21)14-8-6-13(7-9-14)22(2,18)19;/h6-9,12,17H,3-5,10-11,16H2,1-2H3;1H. The molecule has 2 atom stereocenters. The summed E-state index contributed by atoms with van der Waals surface area (Å²) in [6, 6.07) is 5.25. The first-order chi connectivity index (χ1) is 10.6. The van der Waals surface area contributed by atoms with Gasteiger partial charge in [-0.25, -0.2) is 21.6 Å². The number of sulfonamides is 1. The van der Waals surface area contributed by atoms with Crippen LogP contribution in [-0.4, -0.2) is 35.2 Å². The van der Waals surface area contributed by atoms with Gasteiger partial charge in [0, 0.05) is 18.3 Å². The van der Waals surface area contributed by atoms with Gasteiger partial charge in [-0.1, -0.05) is 19.8 Å². The maximum Gasteiger partial charge on any atom is 0.241 e. The summed E-state index contributed by atoms with van der Waals surface area (Å²) in [4.78, 5) is 0.145. The zero-order valence-electron chi connectivity index (χ0n) is 13.9. The number of hydrogen-bond donors (Lipinski definition) is 2. The third kappa shape index (κ3) is 4.49. The Labute approximate surface area is 150 Å². The molecule has 1 aliphatic carbocycles. The Hall–Kier alpha value is -0.670. The number of halogens is 1. The summed E-state index contributed by atoms with van der Waals surface area (Å²) in [5, 5.41) is 0. The van der Waals surface area contributed by atoms with E-state index in [0.29, 0.717) is 6.42 Å². The van der Waals surface area contributed by atoms with Gasteiger partial charge in [0.15, 0.2) is 9.84 Å². The van der Waals surface area contributed by atoms with E-state index in [9.17, 15) is 16.8 Å². The first-order valence-electron chi connectivity index (χ1n) is 7.65. The lowest BCUT2D eigenvalue weighted by molar-refractivity contribution is 0.191. The maximum atomic E-state index is 12.7. The van der Waals surface area contributed by atoms with Crippen molar-refractivity contribution < 1.29 is 16.8 Å². The molecule has 6 nitrogen and oxygen atoms in total. The Morgan fingerprint density at radius 2 is 1.67 bits per heavy atom. The van der Waals surface area contributed by atoms with Crippen LogP contribution in [0.4, 0.5) is 0 Å². The molecule has 0 radical (unpaired) electrons. The van der Waals surface area contributed by atoms with Crippen molar-refractivity contribution in [1.82, 2.24) is 4.72 Å². The number of nitrogens with two attached hydrogens (primary N) is 1. The van der Waals surface area contributed by atoms with Crippen molar-refractivity contribution in [3.8, 4) is 0 Å². The molecule has 1 aromatic carbocycles. The van der Waals surface area contributed by atoms with Crippen LogP contribution in [0.2, 0.25) is 0 Å². The summed E-state index contributed by atoms with van der Waals surface area (Å²) in [7, 11) is -7.10. The second-order valence-electron chi connectivity index (χ2n) is 6.36. The quantitative estimate of drug-likeness (QED) is 0.787. The maximum absolute atomic E-state index is 12.7. The summed E-state index contributed by atoms with van der Waals surface area (Å²) < 4.78 is 51.0. The molecule has 0 amide bonds. The Balaban J connectivity index is 0.00000288. The van der Waals surface area contributed by atoms with E-state index in [1.54, 1.807) is 0 Å². The predicted molar refractivity (Wildman–Crippen MR) is 96.5 cm³/mol. The molecular formula is C15H25ClN2O4S2. The van der Waals surface area contributed by atoms with Crippen LogP contribution in [0.5, 0.6) is 0 Å². The van der Waals surface area contributed by atoms with E-state index in [2.05, 4.69) is 4.72 Å². The highest BCUT2D eigenvalue weighted by Crippen LogP contribution is 2.34. The number of rotatable bonds is 5. The molecule has 24 heavy (non-hydrogen) atoms. The summed E-state index contributed by atoms with van der Waals surface area (Å²) in [6.07, 6.45) is 4.75. The highest BCUT2D eigenvalue weighted by Gasteiger charge is 2.40. The third-order valence-electron chi connectivity index (χ3n) is 4.72. The molecule has 0 aromatic heterocycles. The zero-order chi connectivity index (χ0) is 17.3. The van der Waals surface area contributed by atoms with Crippen LogP contribution < -0.4 is 10.5 Å². The Bertz CT molecular complexity index is 763. The van der Waals surface area contributed by atoms with Gasteiger partial charge in [-0.05, 0) is 43.0 Å². The molecule has 9 heteroatoms. The lowest BCUT2D eigenvalue weighted by atomic mass is 9.74. The van der Waals surface area contributed by atoms with E-state index in [-0.39, 0.29) is 34.7 Å². The van der Waals surface area contributed by atoms with Crippen molar-refractivity contribution >= 4 is 32.3 Å². The van der Waals surface area contributed by atoms with Crippen molar-refractivity contribution in [1.29, 1.82) is 0 Å². The number of hydrogen-bond acceptors (Lipinski definition) is 5. The van der Waals surface area contributed by atoms with Gasteiger partial charge >= 0.3 is 0 Å². The van der Waals surface area contributed by atoms with E-state index in [0.717, 1.165) is 25.5 Å². The molecule has 1 saturated carbocycles. The van der Waals surface area contributed by atoms with Crippen molar-refractivity contribution in [2.45, 2.75) is 47.9 Å². The smallest absolute Gasteiger partial charge is 0.241 e. The first-order valence-corrected chi connectivity index (χ1v) is 11.0. The molecule has 1 fully saturated rings. The van der Waals surface area contributed by atoms with E-state index < -0.39 is 25.4 Å². The van der Waals surface area contributed by atoms with Gasteiger partial charge in [-0.3, -0.25) is 0 Å². The molecule has 138 valence electrons. The predicted octanol–water partition coefficient (Wildman–Crippen LogP) is 1.70. The van der Waals surface area contributed by atoms with Crippen LogP contribution in [0.25, 0.3) is 0 Å². The van der Waals surface area contributed by atoms with Gasteiger partial charge < -0.3 is 5.73 Å². The van der Waals surface area contributed by atoms with Gasteiger partial charge in [-0.2, -0.15) is 0 Å². The lowest BCUT2D eigenvalue weighted by Gasteiger charge is -2.42. The van der Waals surface area contributed by atoms with E-state index in [1.807, 2.05) is 6.92 Å². The fourth-order valence-corrected chi connectivity index (χ4v) is 5.27. The Kier molecular flexibility index (Phi) is 6.85. The molecule has 3 N–H and O–H groups in total. The van der Waals surface area contributed by atoms with Crippen molar-refractivity contribution in [2.24, 2.45) is 11.7 Å².